The van der Waals surface area contributed by atoms with Crippen LogP contribution < -0.4 is 10.2 Å². The van der Waals surface area contributed by atoms with Crippen LogP contribution in [0.3, 0.4) is 0 Å². The predicted molar refractivity (Wildman–Crippen MR) is 92.1 cm³/mol. The summed E-state index contributed by atoms with van der Waals surface area (Å²) in [6, 6.07) is 0. The summed E-state index contributed by atoms with van der Waals surface area (Å²) < 4.78 is 42.6. The lowest BCUT2D eigenvalue weighted by Gasteiger charge is -2.33. The van der Waals surface area contributed by atoms with Crippen LogP contribution in [-0.4, -0.2) is 78.9 Å². The van der Waals surface area contributed by atoms with Crippen molar-refractivity contribution in [2.45, 2.75) is 31.2 Å². The number of anilines is 1. The number of carbonyl (C=O) groups is 2. The Morgan fingerprint density at radius 2 is 2.21 bits per heavy atom. The highest BCUT2D eigenvalue weighted by Crippen LogP contribution is 2.35. The molecule has 9 nitrogen and oxygen atoms in total. The third-order valence-corrected chi connectivity index (χ3v) is 5.06. The summed E-state index contributed by atoms with van der Waals surface area (Å²) in [5.74, 6) is -2.32. The Hall–Kier alpha value is -1.99. The molecule has 0 radical (unpaired) electrons. The Morgan fingerprint density at radius 1 is 1.50 bits per heavy atom. The van der Waals surface area contributed by atoms with Crippen molar-refractivity contribution < 1.29 is 37.3 Å². The molecule has 2 aliphatic heterocycles. The van der Waals surface area contributed by atoms with Crippen molar-refractivity contribution in [1.82, 2.24) is 15.5 Å². The highest BCUT2D eigenvalue weighted by molar-refractivity contribution is 7.13. The van der Waals surface area contributed by atoms with Crippen LogP contribution in [0.25, 0.3) is 0 Å². The SMILES string of the molecule is COCCNC(=O)[C@H]1C[C@@H]2CCN(c3nncs3)C[C@H]2O1.O=C(O)C(F)(F)F. The van der Waals surface area contributed by atoms with Crippen molar-refractivity contribution in [3.63, 3.8) is 0 Å². The molecule has 1 amide bonds. The maximum absolute atomic E-state index is 12.0. The van der Waals surface area contributed by atoms with Gasteiger partial charge in [0, 0.05) is 26.7 Å². The first kappa shape index (κ1) is 22.3. The molecular formula is C15H21F3N4O5S. The van der Waals surface area contributed by atoms with Crippen LogP contribution >= 0.6 is 11.3 Å². The van der Waals surface area contributed by atoms with E-state index in [4.69, 9.17) is 19.4 Å². The molecule has 0 aliphatic carbocycles. The van der Waals surface area contributed by atoms with Gasteiger partial charge in [-0.1, -0.05) is 11.3 Å². The van der Waals surface area contributed by atoms with Gasteiger partial charge in [-0.25, -0.2) is 4.79 Å². The van der Waals surface area contributed by atoms with E-state index in [2.05, 4.69) is 20.4 Å². The van der Waals surface area contributed by atoms with Crippen molar-refractivity contribution in [2.24, 2.45) is 5.92 Å². The van der Waals surface area contributed by atoms with Crippen LogP contribution in [0.5, 0.6) is 0 Å². The number of halogens is 3. The first-order valence-corrected chi connectivity index (χ1v) is 9.33. The minimum Gasteiger partial charge on any atom is -0.475 e. The highest BCUT2D eigenvalue weighted by atomic mass is 32.1. The molecule has 3 heterocycles. The molecule has 2 N–H and O–H groups in total. The smallest absolute Gasteiger partial charge is 0.475 e. The van der Waals surface area contributed by atoms with Gasteiger partial charge in [0.1, 0.15) is 11.6 Å². The van der Waals surface area contributed by atoms with Gasteiger partial charge >= 0.3 is 12.1 Å². The minimum atomic E-state index is -5.08. The lowest BCUT2D eigenvalue weighted by Crippen LogP contribution is -2.42. The number of ether oxygens (including phenoxy) is 2. The summed E-state index contributed by atoms with van der Waals surface area (Å²) in [7, 11) is 1.62. The van der Waals surface area contributed by atoms with Crippen LogP contribution in [0.1, 0.15) is 12.8 Å². The summed E-state index contributed by atoms with van der Waals surface area (Å²) in [4.78, 5) is 23.1. The zero-order valence-electron chi connectivity index (χ0n) is 15.0. The second-order valence-corrected chi connectivity index (χ2v) is 7.01. The zero-order valence-corrected chi connectivity index (χ0v) is 15.8. The number of aromatic nitrogens is 2. The van der Waals surface area contributed by atoms with Crippen molar-refractivity contribution >= 4 is 28.3 Å². The zero-order chi connectivity index (χ0) is 20.7. The number of nitrogens with zero attached hydrogens (tertiary/aromatic N) is 3. The molecular weight excluding hydrogens is 405 g/mol. The van der Waals surface area contributed by atoms with Crippen LogP contribution in [0.15, 0.2) is 5.51 Å². The molecule has 13 heteroatoms. The second kappa shape index (κ2) is 9.98. The van der Waals surface area contributed by atoms with Crippen LogP contribution in [0.2, 0.25) is 0 Å². The largest absolute Gasteiger partial charge is 0.490 e. The Kier molecular flexibility index (Phi) is 7.95. The second-order valence-electron chi connectivity index (χ2n) is 6.20. The van der Waals surface area contributed by atoms with Gasteiger partial charge < -0.3 is 24.8 Å². The Bertz CT molecular complexity index is 646. The molecule has 1 aromatic heterocycles. The summed E-state index contributed by atoms with van der Waals surface area (Å²) in [6.07, 6.45) is -3.45. The molecule has 2 fully saturated rings. The monoisotopic (exact) mass is 426 g/mol. The average Bonchev–Trinajstić information content (AvgIpc) is 3.30. The third kappa shape index (κ3) is 6.27. The van der Waals surface area contributed by atoms with Crippen LogP contribution in [0.4, 0.5) is 18.3 Å². The van der Waals surface area contributed by atoms with Gasteiger partial charge in [-0.15, -0.1) is 10.2 Å². The Labute approximate surface area is 162 Å². The fourth-order valence-electron chi connectivity index (χ4n) is 2.97. The van der Waals surface area contributed by atoms with Crippen molar-refractivity contribution in [3.05, 3.63) is 5.51 Å². The summed E-state index contributed by atoms with van der Waals surface area (Å²) in [5, 5.41) is 18.9. The van der Waals surface area contributed by atoms with E-state index in [0.717, 1.165) is 31.1 Å². The first-order valence-electron chi connectivity index (χ1n) is 8.45. The average molecular weight is 426 g/mol. The molecule has 0 unspecified atom stereocenters. The van der Waals surface area contributed by atoms with E-state index in [1.54, 1.807) is 12.6 Å². The van der Waals surface area contributed by atoms with Crippen LogP contribution in [0, 0.1) is 5.92 Å². The van der Waals surface area contributed by atoms with E-state index in [0.29, 0.717) is 19.1 Å². The number of methoxy groups -OCH3 is 1. The lowest BCUT2D eigenvalue weighted by molar-refractivity contribution is -0.192. The molecule has 0 bridgehead atoms. The van der Waals surface area contributed by atoms with Gasteiger partial charge in [0.25, 0.3) is 0 Å². The summed E-state index contributed by atoms with van der Waals surface area (Å²) in [6.45, 7) is 2.80. The van der Waals surface area contributed by atoms with Gasteiger partial charge in [0.05, 0.1) is 12.7 Å². The predicted octanol–water partition coefficient (Wildman–Crippen LogP) is 0.918. The van der Waals surface area contributed by atoms with Gasteiger partial charge in [-0.3, -0.25) is 4.79 Å². The number of carbonyl (C=O) groups excluding carboxylic acids is 1. The number of rotatable bonds is 5. The van der Waals surface area contributed by atoms with Gasteiger partial charge in [-0.05, 0) is 18.8 Å². The number of nitrogens with one attached hydrogen (secondary N) is 1. The summed E-state index contributed by atoms with van der Waals surface area (Å²) >= 11 is 1.54. The van der Waals surface area contributed by atoms with Gasteiger partial charge in [0.2, 0.25) is 11.0 Å². The topological polar surface area (TPSA) is 114 Å². The van der Waals surface area contributed by atoms with E-state index in [-0.39, 0.29) is 18.1 Å². The number of hydrogen-bond donors (Lipinski definition) is 2. The third-order valence-electron chi connectivity index (χ3n) is 4.31. The number of aliphatic carboxylic acids is 1. The van der Waals surface area contributed by atoms with E-state index in [1.165, 1.54) is 11.3 Å². The molecule has 0 saturated carbocycles. The molecule has 3 rings (SSSR count). The first-order chi connectivity index (χ1) is 13.2. The highest BCUT2D eigenvalue weighted by Gasteiger charge is 2.42. The number of piperidine rings is 1. The van der Waals surface area contributed by atoms with E-state index >= 15 is 0 Å². The van der Waals surface area contributed by atoms with Crippen molar-refractivity contribution in [1.29, 1.82) is 0 Å². The Morgan fingerprint density at radius 3 is 2.79 bits per heavy atom. The lowest BCUT2D eigenvalue weighted by atomic mass is 9.92. The van der Waals surface area contributed by atoms with Crippen molar-refractivity contribution in [3.8, 4) is 0 Å². The summed E-state index contributed by atoms with van der Waals surface area (Å²) in [5.41, 5.74) is 1.74. The quantitative estimate of drug-likeness (QED) is 0.669. The Balaban J connectivity index is 0.000000345. The molecule has 3 atom stereocenters. The maximum Gasteiger partial charge on any atom is 0.490 e. The van der Waals surface area contributed by atoms with E-state index < -0.39 is 12.1 Å². The molecule has 1 aromatic rings. The molecule has 2 saturated heterocycles. The minimum absolute atomic E-state index is 0.0242. The number of hydrogen-bond acceptors (Lipinski definition) is 8. The van der Waals surface area contributed by atoms with Crippen molar-refractivity contribution in [2.75, 3.05) is 38.3 Å². The molecule has 2 aliphatic rings. The normalized spacial score (nSPS) is 24.1. The number of amides is 1. The molecule has 158 valence electrons. The maximum atomic E-state index is 12.0. The fourth-order valence-corrected chi connectivity index (χ4v) is 3.57. The molecule has 0 spiro atoms. The van der Waals surface area contributed by atoms with Crippen LogP contribution in [-0.2, 0) is 19.1 Å². The number of carboxylic acids is 1. The van der Waals surface area contributed by atoms with Gasteiger partial charge in [-0.2, -0.15) is 13.2 Å². The van der Waals surface area contributed by atoms with E-state index in [1.807, 2.05) is 0 Å². The molecule has 0 aromatic carbocycles. The number of alkyl halides is 3. The molecule has 28 heavy (non-hydrogen) atoms. The number of fused-ring (bicyclic) bond motifs is 1. The van der Waals surface area contributed by atoms with E-state index in [9.17, 15) is 18.0 Å². The standard InChI is InChI=1S/C13H20N4O3S.C2HF3O2/c1-19-5-3-14-12(18)10-6-9-2-4-17(7-11(9)20-10)13-16-15-8-21-13;3-2(4,5)1(6)7/h8-11H,2-7H2,1H3,(H,14,18);(H,6,7)/t9-,10+,11+;/m0./s1. The fraction of sp³-hybridized carbons (Fsp3) is 0.733. The number of carboxylic acid groups (broad SMARTS) is 1. The van der Waals surface area contributed by atoms with Gasteiger partial charge in [0.15, 0.2) is 0 Å².